The Morgan fingerprint density at radius 3 is 2.08 bits per heavy atom. The van der Waals surface area contributed by atoms with E-state index < -0.39 is 13.9 Å². The first-order valence-corrected chi connectivity index (χ1v) is 16.0. The molecule has 36 heavy (non-hydrogen) atoms. The topological polar surface area (TPSA) is 65.4 Å². The van der Waals surface area contributed by atoms with Crippen LogP contribution in [-0.4, -0.2) is 42.2 Å². The van der Waals surface area contributed by atoms with E-state index >= 15 is 0 Å². The van der Waals surface area contributed by atoms with Crippen LogP contribution in [0.2, 0.25) is 18.1 Å². The minimum Gasteiger partial charge on any atom is -0.444 e. The fraction of sp³-hybridized carbons (Fsp3) is 0.655. The molecule has 0 aliphatic heterocycles. The molecule has 0 spiro atoms. The Kier molecular flexibility index (Phi) is 9.28. The maximum atomic E-state index is 12.6. The number of alkyl carbamates (subject to hydrolysis) is 1. The average molecular weight is 516 g/mol. The summed E-state index contributed by atoms with van der Waals surface area (Å²) in [6.45, 7) is 24.0. The summed E-state index contributed by atoms with van der Waals surface area (Å²) < 4.78 is 14.0. The molecule has 202 valence electrons. The van der Waals surface area contributed by atoms with Gasteiger partial charge in [0.15, 0.2) is 8.32 Å². The molecule has 0 saturated heterocycles. The van der Waals surface area contributed by atoms with Crippen LogP contribution in [0.3, 0.4) is 0 Å². The van der Waals surface area contributed by atoms with Gasteiger partial charge in [0, 0.05) is 36.9 Å². The highest BCUT2D eigenvalue weighted by molar-refractivity contribution is 6.74. The highest BCUT2D eigenvalue weighted by Gasteiger charge is 2.37. The Bertz CT molecular complexity index is 1010. The number of ether oxygens (including phenoxy) is 1. The third-order valence-electron chi connectivity index (χ3n) is 6.74. The minimum absolute atomic E-state index is 0.0139. The van der Waals surface area contributed by atoms with Crippen molar-refractivity contribution in [3.63, 3.8) is 0 Å². The zero-order chi connectivity index (χ0) is 27.5. The maximum Gasteiger partial charge on any atom is 0.407 e. The van der Waals surface area contributed by atoms with Gasteiger partial charge in [0.25, 0.3) is 0 Å². The normalized spacial score (nSPS) is 14.0. The second-order valence-corrected chi connectivity index (χ2v) is 18.3. The molecule has 0 aliphatic carbocycles. The molecule has 6 nitrogen and oxygen atoms in total. The molecule has 1 aromatic heterocycles. The van der Waals surface area contributed by atoms with E-state index in [2.05, 4.69) is 95.0 Å². The molecule has 2 aromatic rings. The fourth-order valence-electron chi connectivity index (χ4n) is 3.77. The van der Waals surface area contributed by atoms with Gasteiger partial charge in [0.2, 0.25) is 0 Å². The van der Waals surface area contributed by atoms with Crippen molar-refractivity contribution in [3.05, 3.63) is 41.9 Å². The van der Waals surface area contributed by atoms with Gasteiger partial charge in [-0.15, -0.1) is 0 Å². The van der Waals surface area contributed by atoms with Crippen LogP contribution < -0.4 is 5.32 Å². The lowest BCUT2D eigenvalue weighted by atomic mass is 9.96. The second kappa shape index (κ2) is 11.1. The number of hydrogen-bond acceptors (Lipinski definition) is 4. The summed E-state index contributed by atoms with van der Waals surface area (Å²) in [6.07, 6.45) is 3.12. The number of amides is 1. The van der Waals surface area contributed by atoms with Crippen LogP contribution in [0.4, 0.5) is 4.79 Å². The average Bonchev–Trinajstić information content (AvgIpc) is 3.08. The number of hydrogen-bond donors (Lipinski definition) is 1. The lowest BCUT2D eigenvalue weighted by Gasteiger charge is -2.36. The SMILES string of the molecule is Cn1cc(-c2ccc(C[C@@H](CCO[Si](C)(C)C(C)(C)C)NC(=O)OC(C)(C)C)cc2)nc1C(C)(C)C. The van der Waals surface area contributed by atoms with Crippen molar-refractivity contribution in [3.8, 4) is 11.3 Å². The molecule has 0 fully saturated rings. The molecule has 0 radical (unpaired) electrons. The largest absolute Gasteiger partial charge is 0.444 e. The first-order valence-electron chi connectivity index (χ1n) is 13.1. The van der Waals surface area contributed by atoms with Crippen molar-refractivity contribution in [1.29, 1.82) is 0 Å². The van der Waals surface area contributed by atoms with Crippen molar-refractivity contribution in [2.75, 3.05) is 6.61 Å². The van der Waals surface area contributed by atoms with Gasteiger partial charge in [0.05, 0.1) is 5.69 Å². The van der Waals surface area contributed by atoms with Crippen molar-refractivity contribution in [2.45, 2.75) is 110 Å². The quantitative estimate of drug-likeness (QED) is 0.377. The molecule has 1 N–H and O–H groups in total. The van der Waals surface area contributed by atoms with Crippen LogP contribution in [0, 0.1) is 0 Å². The first-order chi connectivity index (χ1) is 16.3. The van der Waals surface area contributed by atoms with Crippen molar-refractivity contribution in [1.82, 2.24) is 14.9 Å². The molecule has 1 aromatic carbocycles. The predicted octanol–water partition coefficient (Wildman–Crippen LogP) is 7.23. The van der Waals surface area contributed by atoms with E-state index in [4.69, 9.17) is 14.1 Å². The van der Waals surface area contributed by atoms with Crippen LogP contribution in [0.1, 0.15) is 80.1 Å². The van der Waals surface area contributed by atoms with Crippen molar-refractivity contribution < 1.29 is 14.0 Å². The highest BCUT2D eigenvalue weighted by Crippen LogP contribution is 2.36. The zero-order valence-electron chi connectivity index (χ0n) is 24.7. The first kappa shape index (κ1) is 30.1. The van der Waals surface area contributed by atoms with E-state index in [-0.39, 0.29) is 22.6 Å². The molecule has 0 unspecified atom stereocenters. The van der Waals surface area contributed by atoms with Crippen LogP contribution in [-0.2, 0) is 28.0 Å². The number of imidazole rings is 1. The summed E-state index contributed by atoms with van der Waals surface area (Å²) in [4.78, 5) is 17.4. The molecule has 1 heterocycles. The van der Waals surface area contributed by atoms with Gasteiger partial charge < -0.3 is 19.0 Å². The summed E-state index contributed by atoms with van der Waals surface area (Å²) in [5.41, 5.74) is 2.66. The molecular weight excluding hydrogens is 466 g/mol. The molecule has 1 atom stereocenters. The van der Waals surface area contributed by atoms with Crippen LogP contribution in [0.5, 0.6) is 0 Å². The number of aryl methyl sites for hydroxylation is 1. The summed E-state index contributed by atoms with van der Waals surface area (Å²) in [5.74, 6) is 1.06. The fourth-order valence-corrected chi connectivity index (χ4v) is 4.83. The molecule has 1 amide bonds. The summed E-state index contributed by atoms with van der Waals surface area (Å²) in [5, 5.41) is 3.23. The highest BCUT2D eigenvalue weighted by atomic mass is 28.4. The Balaban J connectivity index is 2.15. The van der Waals surface area contributed by atoms with Crippen LogP contribution >= 0.6 is 0 Å². The molecule has 2 rings (SSSR count). The third kappa shape index (κ3) is 8.77. The summed E-state index contributed by atoms with van der Waals surface area (Å²) in [6, 6.07) is 8.39. The van der Waals surface area contributed by atoms with E-state index in [0.717, 1.165) is 29.1 Å². The van der Waals surface area contributed by atoms with Crippen LogP contribution in [0.25, 0.3) is 11.3 Å². The van der Waals surface area contributed by atoms with Crippen molar-refractivity contribution >= 4 is 14.4 Å². The molecule has 0 bridgehead atoms. The Morgan fingerprint density at radius 1 is 1.03 bits per heavy atom. The standard InChI is InChI=1S/C29H49N3O3Si/c1-27(2,3)25-31-24(20-32(25)10)22-15-13-21(14-16-22)19-23(30-26(33)35-28(4,5)6)17-18-34-36(11,12)29(7,8)9/h13-16,20,23H,17-19H2,1-12H3,(H,30,33)/t23-/m1/s1. The number of nitrogens with one attached hydrogen (secondary N) is 1. The number of benzene rings is 1. The van der Waals surface area contributed by atoms with Gasteiger partial charge >= 0.3 is 6.09 Å². The smallest absolute Gasteiger partial charge is 0.407 e. The lowest BCUT2D eigenvalue weighted by Crippen LogP contribution is -2.44. The summed E-state index contributed by atoms with van der Waals surface area (Å²) >= 11 is 0. The lowest BCUT2D eigenvalue weighted by molar-refractivity contribution is 0.0497. The van der Waals surface area contributed by atoms with Gasteiger partial charge in [-0.2, -0.15) is 0 Å². The molecule has 0 aliphatic rings. The zero-order valence-corrected chi connectivity index (χ0v) is 25.7. The van der Waals surface area contributed by atoms with Gasteiger partial charge in [-0.1, -0.05) is 65.8 Å². The van der Waals surface area contributed by atoms with Gasteiger partial charge in [-0.25, -0.2) is 9.78 Å². The molecule has 7 heteroatoms. The third-order valence-corrected chi connectivity index (χ3v) is 11.3. The maximum absolute atomic E-state index is 12.6. The van der Waals surface area contributed by atoms with Crippen molar-refractivity contribution in [2.24, 2.45) is 7.05 Å². The number of rotatable bonds is 8. The Hall–Kier alpha value is -2.12. The second-order valence-electron chi connectivity index (χ2n) is 13.5. The number of aromatic nitrogens is 2. The Morgan fingerprint density at radius 2 is 1.61 bits per heavy atom. The van der Waals surface area contributed by atoms with Gasteiger partial charge in [-0.05, 0) is 57.3 Å². The summed E-state index contributed by atoms with van der Waals surface area (Å²) in [7, 11) is 0.190. The number of carbonyl (C=O) groups excluding carboxylic acids is 1. The van der Waals surface area contributed by atoms with E-state index in [9.17, 15) is 4.79 Å². The number of carbonyl (C=O) groups is 1. The molecular formula is C29H49N3O3Si. The monoisotopic (exact) mass is 515 g/mol. The van der Waals surface area contributed by atoms with Crippen LogP contribution in [0.15, 0.2) is 30.5 Å². The Labute approximate surface area is 220 Å². The molecule has 0 saturated carbocycles. The number of nitrogens with zero attached hydrogens (tertiary/aromatic N) is 2. The minimum atomic E-state index is -1.86. The van der Waals surface area contributed by atoms with E-state index in [1.807, 2.05) is 27.8 Å². The van der Waals surface area contributed by atoms with Gasteiger partial charge in [0.1, 0.15) is 11.4 Å². The predicted molar refractivity (Wildman–Crippen MR) is 152 cm³/mol. The van der Waals surface area contributed by atoms with E-state index in [0.29, 0.717) is 13.0 Å². The van der Waals surface area contributed by atoms with E-state index in [1.54, 1.807) is 0 Å². The van der Waals surface area contributed by atoms with Gasteiger partial charge in [-0.3, -0.25) is 0 Å². The van der Waals surface area contributed by atoms with E-state index in [1.165, 1.54) is 0 Å².